The average Bonchev–Trinajstić information content (AvgIpc) is 3.24. The summed E-state index contributed by atoms with van der Waals surface area (Å²) in [4.78, 5) is 11.2. The minimum absolute atomic E-state index is 0.102. The van der Waals surface area contributed by atoms with E-state index in [4.69, 9.17) is 26.9 Å². The molecule has 4 heterocycles. The van der Waals surface area contributed by atoms with Crippen molar-refractivity contribution in [3.05, 3.63) is 57.0 Å². The Hall–Kier alpha value is -2.27. The van der Waals surface area contributed by atoms with Crippen LogP contribution in [0.2, 0.25) is 5.02 Å². The smallest absolute Gasteiger partial charge is 0.155 e. The number of thiophene rings is 1. The van der Waals surface area contributed by atoms with Gasteiger partial charge in [-0.2, -0.15) is 0 Å². The molecule has 2 atom stereocenters. The van der Waals surface area contributed by atoms with Gasteiger partial charge in [-0.25, -0.2) is 0 Å². The number of rotatable bonds is 3. The first-order valence-corrected chi connectivity index (χ1v) is 11.5. The SMILES string of the molecule is CC#Cc1cncc(-c2cc(Cl)c([C@]3(C)C[C@@H](c4c(C)noc4C)SC(N)=N3)s2)c1. The first-order valence-electron chi connectivity index (χ1n) is 9.43. The summed E-state index contributed by atoms with van der Waals surface area (Å²) in [5, 5.41) is 5.44. The van der Waals surface area contributed by atoms with Crippen LogP contribution in [-0.2, 0) is 5.54 Å². The third kappa shape index (κ3) is 3.87. The molecule has 3 aromatic heterocycles. The number of amidine groups is 1. The van der Waals surface area contributed by atoms with E-state index < -0.39 is 5.54 Å². The first-order chi connectivity index (χ1) is 14.3. The maximum Gasteiger partial charge on any atom is 0.155 e. The number of nitrogens with zero attached hydrogens (tertiary/aromatic N) is 3. The lowest BCUT2D eigenvalue weighted by atomic mass is 9.91. The van der Waals surface area contributed by atoms with Crippen LogP contribution in [0.5, 0.6) is 0 Å². The second kappa shape index (κ2) is 8.10. The van der Waals surface area contributed by atoms with Crippen molar-refractivity contribution in [3.63, 3.8) is 0 Å². The minimum atomic E-state index is -0.537. The molecule has 0 unspecified atom stereocenters. The second-order valence-corrected chi connectivity index (χ2v) is 10.1. The summed E-state index contributed by atoms with van der Waals surface area (Å²) in [5.74, 6) is 6.78. The van der Waals surface area contributed by atoms with Crippen LogP contribution in [0.15, 0.2) is 34.0 Å². The molecule has 30 heavy (non-hydrogen) atoms. The van der Waals surface area contributed by atoms with Crippen molar-refractivity contribution in [3.8, 4) is 22.3 Å². The van der Waals surface area contributed by atoms with Crippen molar-refractivity contribution in [2.45, 2.75) is 44.9 Å². The molecule has 0 bridgehead atoms. The van der Waals surface area contributed by atoms with Gasteiger partial charge in [0, 0.05) is 39.2 Å². The quantitative estimate of drug-likeness (QED) is 0.500. The molecule has 1 aliphatic heterocycles. The fourth-order valence-corrected chi connectivity index (χ4v) is 6.82. The van der Waals surface area contributed by atoms with Gasteiger partial charge >= 0.3 is 0 Å². The van der Waals surface area contributed by atoms with E-state index >= 15 is 0 Å². The number of aliphatic imine (C=N–C) groups is 1. The van der Waals surface area contributed by atoms with Gasteiger partial charge in [0.15, 0.2) is 5.17 Å². The third-order valence-electron chi connectivity index (χ3n) is 5.08. The summed E-state index contributed by atoms with van der Waals surface area (Å²) in [5.41, 5.74) is 9.57. The molecule has 0 saturated carbocycles. The van der Waals surface area contributed by atoms with Crippen LogP contribution in [0.3, 0.4) is 0 Å². The molecule has 0 radical (unpaired) electrons. The number of halogens is 1. The van der Waals surface area contributed by atoms with Crippen molar-refractivity contribution in [2.75, 3.05) is 0 Å². The molecule has 8 heteroatoms. The monoisotopic (exact) mass is 456 g/mol. The molecular formula is C22H21ClN4OS2. The van der Waals surface area contributed by atoms with E-state index in [0.29, 0.717) is 10.2 Å². The van der Waals surface area contributed by atoms with E-state index in [1.54, 1.807) is 29.3 Å². The predicted octanol–water partition coefficient (Wildman–Crippen LogP) is 5.85. The van der Waals surface area contributed by atoms with E-state index in [1.165, 1.54) is 0 Å². The highest BCUT2D eigenvalue weighted by atomic mass is 35.5. The number of thioether (sulfide) groups is 1. The van der Waals surface area contributed by atoms with Crippen LogP contribution >= 0.6 is 34.7 Å². The lowest BCUT2D eigenvalue weighted by molar-refractivity contribution is 0.390. The maximum absolute atomic E-state index is 6.72. The van der Waals surface area contributed by atoms with Crippen LogP contribution in [0.4, 0.5) is 0 Å². The Morgan fingerprint density at radius 3 is 2.80 bits per heavy atom. The Labute approximate surface area is 189 Å². The van der Waals surface area contributed by atoms with Crippen molar-refractivity contribution in [1.82, 2.24) is 10.1 Å². The Morgan fingerprint density at radius 1 is 1.30 bits per heavy atom. The predicted molar refractivity (Wildman–Crippen MR) is 125 cm³/mol. The van der Waals surface area contributed by atoms with Crippen LogP contribution in [0.25, 0.3) is 10.4 Å². The van der Waals surface area contributed by atoms with Crippen LogP contribution in [0, 0.1) is 25.7 Å². The van der Waals surface area contributed by atoms with Crippen LogP contribution < -0.4 is 5.73 Å². The fraction of sp³-hybridized carbons (Fsp3) is 0.318. The van der Waals surface area contributed by atoms with Crippen LogP contribution in [0.1, 0.15) is 53.0 Å². The zero-order valence-corrected chi connectivity index (χ0v) is 19.5. The molecule has 0 amide bonds. The Kier molecular flexibility index (Phi) is 5.67. The van der Waals surface area contributed by atoms with E-state index in [1.807, 2.05) is 39.1 Å². The largest absolute Gasteiger partial charge is 0.378 e. The van der Waals surface area contributed by atoms with Gasteiger partial charge in [-0.05, 0) is 46.2 Å². The molecule has 154 valence electrons. The molecule has 2 N–H and O–H groups in total. The zero-order valence-electron chi connectivity index (χ0n) is 17.1. The van der Waals surface area contributed by atoms with Gasteiger partial charge in [0.05, 0.1) is 21.1 Å². The Bertz CT molecular complexity index is 1180. The molecular weight excluding hydrogens is 436 g/mol. The molecule has 0 aliphatic carbocycles. The lowest BCUT2D eigenvalue weighted by Crippen LogP contribution is -2.30. The summed E-state index contributed by atoms with van der Waals surface area (Å²) in [6.45, 7) is 7.79. The third-order valence-corrected chi connectivity index (χ3v) is 7.95. The standard InChI is InChI=1S/C22H21ClN4OS2/c1-5-6-14-7-15(11-25-10-14)17-8-16(23)20(29-17)22(4)9-18(30-21(24)26-22)19-12(2)27-28-13(19)3/h7-8,10-11,18H,9H2,1-4H3,(H2,24,26)/t18-,22-/m0/s1. The molecule has 0 saturated heterocycles. The van der Waals surface area contributed by atoms with E-state index in [9.17, 15) is 0 Å². The van der Waals surface area contributed by atoms with Gasteiger partial charge < -0.3 is 10.3 Å². The summed E-state index contributed by atoms with van der Waals surface area (Å²) in [6.07, 6.45) is 4.34. The van der Waals surface area contributed by atoms with E-state index in [-0.39, 0.29) is 5.25 Å². The van der Waals surface area contributed by atoms with Crippen molar-refractivity contribution in [2.24, 2.45) is 10.7 Å². The lowest BCUT2D eigenvalue weighted by Gasteiger charge is -2.33. The number of nitrogens with two attached hydrogens (primary N) is 1. The molecule has 0 fully saturated rings. The molecule has 5 nitrogen and oxygen atoms in total. The molecule has 0 aromatic carbocycles. The zero-order chi connectivity index (χ0) is 21.5. The average molecular weight is 457 g/mol. The van der Waals surface area contributed by atoms with Gasteiger partial charge in [0.25, 0.3) is 0 Å². The van der Waals surface area contributed by atoms with E-state index in [2.05, 4.69) is 28.9 Å². The number of hydrogen-bond acceptors (Lipinski definition) is 7. The summed E-state index contributed by atoms with van der Waals surface area (Å²) >= 11 is 9.89. The van der Waals surface area contributed by atoms with E-state index in [0.717, 1.165) is 44.3 Å². The minimum Gasteiger partial charge on any atom is -0.378 e. The summed E-state index contributed by atoms with van der Waals surface area (Å²) in [7, 11) is 0. The second-order valence-electron chi connectivity index (χ2n) is 7.40. The number of aromatic nitrogens is 2. The van der Waals surface area contributed by atoms with Crippen molar-refractivity contribution < 1.29 is 4.52 Å². The molecule has 3 aromatic rings. The van der Waals surface area contributed by atoms with Crippen molar-refractivity contribution in [1.29, 1.82) is 0 Å². The topological polar surface area (TPSA) is 77.3 Å². The maximum atomic E-state index is 6.72. The number of hydrogen-bond donors (Lipinski definition) is 1. The highest BCUT2D eigenvalue weighted by Gasteiger charge is 2.40. The number of aryl methyl sites for hydroxylation is 2. The summed E-state index contributed by atoms with van der Waals surface area (Å²) < 4.78 is 5.39. The summed E-state index contributed by atoms with van der Waals surface area (Å²) in [6, 6.07) is 4.00. The molecule has 4 rings (SSSR count). The van der Waals surface area contributed by atoms with Gasteiger partial charge in [-0.15, -0.1) is 17.3 Å². The van der Waals surface area contributed by atoms with Crippen LogP contribution in [-0.4, -0.2) is 15.3 Å². The van der Waals surface area contributed by atoms with Crippen molar-refractivity contribution >= 4 is 39.9 Å². The Balaban J connectivity index is 1.73. The van der Waals surface area contributed by atoms with Gasteiger partial charge in [-0.3, -0.25) is 9.98 Å². The highest BCUT2D eigenvalue weighted by Crippen LogP contribution is 2.52. The van der Waals surface area contributed by atoms with Gasteiger partial charge in [-0.1, -0.05) is 34.4 Å². The number of pyridine rings is 1. The fourth-order valence-electron chi connectivity index (χ4n) is 3.78. The Morgan fingerprint density at radius 2 is 2.10 bits per heavy atom. The normalized spacial score (nSPS) is 21.1. The first kappa shape index (κ1) is 21.0. The molecule has 0 spiro atoms. The van der Waals surface area contributed by atoms with Gasteiger partial charge in [0.2, 0.25) is 0 Å². The van der Waals surface area contributed by atoms with Gasteiger partial charge in [0.1, 0.15) is 5.76 Å². The molecule has 1 aliphatic rings. The highest BCUT2D eigenvalue weighted by molar-refractivity contribution is 8.14.